The van der Waals surface area contributed by atoms with Crippen molar-refractivity contribution in [3.05, 3.63) is 17.5 Å². The van der Waals surface area contributed by atoms with Gasteiger partial charge in [-0.05, 0) is 43.8 Å². The molecule has 16 heavy (non-hydrogen) atoms. The summed E-state index contributed by atoms with van der Waals surface area (Å²) in [4.78, 5) is 0. The Kier molecular flexibility index (Phi) is 3.92. The zero-order valence-electron chi connectivity index (χ0n) is 10.1. The van der Waals surface area contributed by atoms with Gasteiger partial charge >= 0.3 is 0 Å². The number of nitrogens with zero attached hydrogens (tertiary/aromatic N) is 2. The minimum Gasteiger partial charge on any atom is -0.327 e. The molecule has 1 aliphatic rings. The third kappa shape index (κ3) is 2.61. The number of aryl methyl sites for hydroxylation is 2. The highest BCUT2D eigenvalue weighted by molar-refractivity contribution is 7.99. The summed E-state index contributed by atoms with van der Waals surface area (Å²) in [6.07, 6.45) is 2.25. The minimum absolute atomic E-state index is 0.302. The molecule has 1 fully saturated rings. The Labute approximate surface area is 102 Å². The summed E-state index contributed by atoms with van der Waals surface area (Å²) in [6.45, 7) is 5.12. The molecule has 1 aliphatic heterocycles. The van der Waals surface area contributed by atoms with Crippen molar-refractivity contribution in [3.63, 3.8) is 0 Å². The summed E-state index contributed by atoms with van der Waals surface area (Å²) in [6, 6.07) is 2.47. The maximum Gasteiger partial charge on any atom is 0.0596 e. The van der Waals surface area contributed by atoms with Crippen molar-refractivity contribution >= 4 is 11.8 Å². The van der Waals surface area contributed by atoms with Gasteiger partial charge in [-0.15, -0.1) is 0 Å². The zero-order valence-corrected chi connectivity index (χ0v) is 11.0. The molecule has 0 radical (unpaired) electrons. The van der Waals surface area contributed by atoms with E-state index in [2.05, 4.69) is 22.8 Å². The molecule has 2 atom stereocenters. The molecule has 0 bridgehead atoms. The summed E-state index contributed by atoms with van der Waals surface area (Å²) in [7, 11) is 0. The second-order valence-electron chi connectivity index (χ2n) is 4.58. The minimum atomic E-state index is 0.302. The molecule has 2 unspecified atom stereocenters. The van der Waals surface area contributed by atoms with Gasteiger partial charge in [0.15, 0.2) is 0 Å². The summed E-state index contributed by atoms with van der Waals surface area (Å²) in [5, 5.41) is 4.46. The lowest BCUT2D eigenvalue weighted by Crippen LogP contribution is -2.33. The van der Waals surface area contributed by atoms with Gasteiger partial charge < -0.3 is 5.73 Å². The van der Waals surface area contributed by atoms with E-state index < -0.39 is 0 Å². The van der Waals surface area contributed by atoms with Gasteiger partial charge in [-0.3, -0.25) is 4.68 Å². The molecule has 0 amide bonds. The van der Waals surface area contributed by atoms with Crippen molar-refractivity contribution in [2.75, 3.05) is 11.5 Å². The average molecular weight is 239 g/mol. The van der Waals surface area contributed by atoms with Crippen LogP contribution in [0, 0.1) is 12.8 Å². The van der Waals surface area contributed by atoms with E-state index in [-0.39, 0.29) is 0 Å². The first-order valence-electron chi connectivity index (χ1n) is 6.07. The first-order valence-corrected chi connectivity index (χ1v) is 7.22. The zero-order chi connectivity index (χ0) is 11.5. The normalized spacial score (nSPS) is 22.6. The number of hydrogen-bond acceptors (Lipinski definition) is 3. The Morgan fingerprint density at radius 3 is 3.12 bits per heavy atom. The van der Waals surface area contributed by atoms with Crippen LogP contribution in [0.1, 0.15) is 24.7 Å². The number of aromatic nitrogens is 2. The summed E-state index contributed by atoms with van der Waals surface area (Å²) in [5.74, 6) is 3.22. The fourth-order valence-electron chi connectivity index (χ4n) is 2.34. The highest BCUT2D eigenvalue weighted by Crippen LogP contribution is 2.26. The van der Waals surface area contributed by atoms with E-state index in [4.69, 9.17) is 5.73 Å². The third-order valence-corrected chi connectivity index (χ3v) is 4.49. The Morgan fingerprint density at radius 1 is 1.69 bits per heavy atom. The smallest absolute Gasteiger partial charge is 0.0596 e. The molecular weight excluding hydrogens is 218 g/mol. The third-order valence-electron chi connectivity index (χ3n) is 3.30. The van der Waals surface area contributed by atoms with Crippen LogP contribution in [0.3, 0.4) is 0 Å². The van der Waals surface area contributed by atoms with Crippen LogP contribution in [-0.4, -0.2) is 27.3 Å². The van der Waals surface area contributed by atoms with Crippen LogP contribution in [0.25, 0.3) is 0 Å². The predicted molar refractivity (Wildman–Crippen MR) is 69.7 cm³/mol. The maximum atomic E-state index is 6.29. The van der Waals surface area contributed by atoms with Gasteiger partial charge in [0.2, 0.25) is 0 Å². The van der Waals surface area contributed by atoms with Crippen LogP contribution in [0.4, 0.5) is 0 Å². The Hall–Kier alpha value is -0.480. The van der Waals surface area contributed by atoms with E-state index in [1.807, 2.05) is 18.7 Å². The van der Waals surface area contributed by atoms with Crippen LogP contribution in [0.5, 0.6) is 0 Å². The van der Waals surface area contributed by atoms with Gasteiger partial charge in [0, 0.05) is 24.7 Å². The van der Waals surface area contributed by atoms with Crippen molar-refractivity contribution < 1.29 is 0 Å². The van der Waals surface area contributed by atoms with Crippen molar-refractivity contribution in [3.8, 4) is 0 Å². The van der Waals surface area contributed by atoms with Gasteiger partial charge in [0.05, 0.1) is 5.69 Å². The van der Waals surface area contributed by atoms with Crippen molar-refractivity contribution in [2.24, 2.45) is 11.7 Å². The van der Waals surface area contributed by atoms with Crippen LogP contribution in [0.15, 0.2) is 6.07 Å². The van der Waals surface area contributed by atoms with Gasteiger partial charge in [-0.25, -0.2) is 0 Å². The Balaban J connectivity index is 2.01. The van der Waals surface area contributed by atoms with Crippen molar-refractivity contribution in [1.29, 1.82) is 0 Å². The van der Waals surface area contributed by atoms with Gasteiger partial charge in [0.25, 0.3) is 0 Å². The number of rotatable bonds is 4. The van der Waals surface area contributed by atoms with Gasteiger partial charge in [-0.1, -0.05) is 0 Å². The molecule has 1 aromatic rings. The predicted octanol–water partition coefficient (Wildman–Crippen LogP) is 1.83. The van der Waals surface area contributed by atoms with Crippen LogP contribution in [0.2, 0.25) is 0 Å². The first kappa shape index (κ1) is 12.0. The number of hydrogen-bond donors (Lipinski definition) is 1. The number of nitrogens with two attached hydrogens (primary N) is 1. The molecule has 0 saturated carbocycles. The fourth-order valence-corrected chi connectivity index (χ4v) is 3.69. The van der Waals surface area contributed by atoms with E-state index in [1.54, 1.807) is 0 Å². The SMILES string of the molecule is CCn1nc(C)cc1CC(N)C1CCSC1. The molecule has 1 saturated heterocycles. The molecule has 2 N–H and O–H groups in total. The van der Waals surface area contributed by atoms with Gasteiger partial charge in [-0.2, -0.15) is 16.9 Å². The highest BCUT2D eigenvalue weighted by Gasteiger charge is 2.23. The molecule has 0 aliphatic carbocycles. The first-order chi connectivity index (χ1) is 7.70. The van der Waals surface area contributed by atoms with E-state index in [0.717, 1.165) is 18.7 Å². The lowest BCUT2D eigenvalue weighted by molar-refractivity contribution is 0.448. The summed E-state index contributed by atoms with van der Waals surface area (Å²) in [5.41, 5.74) is 8.69. The molecule has 4 heteroatoms. The highest BCUT2D eigenvalue weighted by atomic mass is 32.2. The van der Waals surface area contributed by atoms with Crippen LogP contribution < -0.4 is 5.73 Å². The second-order valence-corrected chi connectivity index (χ2v) is 5.73. The topological polar surface area (TPSA) is 43.8 Å². The lowest BCUT2D eigenvalue weighted by Gasteiger charge is -2.18. The Bertz CT molecular complexity index is 342. The molecular formula is C12H21N3S. The number of thioether (sulfide) groups is 1. The summed E-state index contributed by atoms with van der Waals surface area (Å²) < 4.78 is 2.08. The standard InChI is InChI=1S/C12H21N3S/c1-3-15-11(6-9(2)14-15)7-12(13)10-4-5-16-8-10/h6,10,12H,3-5,7-8,13H2,1-2H3. The molecule has 1 aromatic heterocycles. The monoisotopic (exact) mass is 239 g/mol. The van der Waals surface area contributed by atoms with E-state index in [0.29, 0.717) is 12.0 Å². The molecule has 90 valence electrons. The molecule has 0 aromatic carbocycles. The van der Waals surface area contributed by atoms with E-state index in [1.165, 1.54) is 23.6 Å². The molecule has 2 heterocycles. The van der Waals surface area contributed by atoms with Crippen molar-refractivity contribution in [2.45, 2.75) is 39.3 Å². The van der Waals surface area contributed by atoms with Crippen LogP contribution >= 0.6 is 11.8 Å². The fraction of sp³-hybridized carbons (Fsp3) is 0.750. The van der Waals surface area contributed by atoms with E-state index >= 15 is 0 Å². The molecule has 0 spiro atoms. The lowest BCUT2D eigenvalue weighted by atomic mass is 9.96. The second kappa shape index (κ2) is 5.23. The maximum absolute atomic E-state index is 6.29. The average Bonchev–Trinajstić information content (AvgIpc) is 2.87. The molecule has 2 rings (SSSR count). The van der Waals surface area contributed by atoms with Crippen LogP contribution in [-0.2, 0) is 13.0 Å². The Morgan fingerprint density at radius 2 is 2.50 bits per heavy atom. The largest absolute Gasteiger partial charge is 0.327 e. The quantitative estimate of drug-likeness (QED) is 0.872. The van der Waals surface area contributed by atoms with Gasteiger partial charge in [0.1, 0.15) is 0 Å². The summed E-state index contributed by atoms with van der Waals surface area (Å²) >= 11 is 2.03. The van der Waals surface area contributed by atoms with E-state index in [9.17, 15) is 0 Å². The van der Waals surface area contributed by atoms with Crippen molar-refractivity contribution in [1.82, 2.24) is 9.78 Å². The molecule has 3 nitrogen and oxygen atoms in total.